The molecular formula is C16H26N2O2. The second-order valence-corrected chi connectivity index (χ2v) is 5.76. The zero-order valence-electron chi connectivity index (χ0n) is 13.1. The third kappa shape index (κ3) is 3.06. The molecule has 1 aliphatic rings. The van der Waals surface area contributed by atoms with Gasteiger partial charge in [-0.15, -0.1) is 0 Å². The summed E-state index contributed by atoms with van der Waals surface area (Å²) in [6.07, 6.45) is 3.35. The van der Waals surface area contributed by atoms with Crippen molar-refractivity contribution in [3.8, 4) is 0 Å². The standard InChI is InChI=1S/C16H26N2O2/c1-5-9-18(10-14-7-6-8-17-14)16(19)15-11(2)12(3)20-13(15)4/h14,17H,5-10H2,1-4H3. The summed E-state index contributed by atoms with van der Waals surface area (Å²) >= 11 is 0. The molecule has 1 amide bonds. The van der Waals surface area contributed by atoms with E-state index in [2.05, 4.69) is 12.2 Å². The van der Waals surface area contributed by atoms with Crippen molar-refractivity contribution in [1.29, 1.82) is 0 Å². The van der Waals surface area contributed by atoms with Gasteiger partial charge in [-0.2, -0.15) is 0 Å². The highest BCUT2D eigenvalue weighted by molar-refractivity contribution is 5.96. The largest absolute Gasteiger partial charge is 0.466 e. The molecule has 1 atom stereocenters. The Morgan fingerprint density at radius 3 is 2.60 bits per heavy atom. The number of nitrogens with zero attached hydrogens (tertiary/aromatic N) is 1. The second-order valence-electron chi connectivity index (χ2n) is 5.76. The van der Waals surface area contributed by atoms with Gasteiger partial charge >= 0.3 is 0 Å². The van der Waals surface area contributed by atoms with Crippen LogP contribution in [0.15, 0.2) is 4.42 Å². The first-order chi connectivity index (χ1) is 9.54. The molecule has 0 bridgehead atoms. The molecule has 0 aliphatic carbocycles. The first-order valence-electron chi connectivity index (χ1n) is 7.63. The fourth-order valence-corrected chi connectivity index (χ4v) is 2.99. The van der Waals surface area contributed by atoms with E-state index in [1.54, 1.807) is 0 Å². The van der Waals surface area contributed by atoms with Crippen LogP contribution in [0.3, 0.4) is 0 Å². The third-order valence-corrected chi connectivity index (χ3v) is 4.16. The maximum atomic E-state index is 12.8. The average Bonchev–Trinajstić information content (AvgIpc) is 2.98. The minimum Gasteiger partial charge on any atom is -0.466 e. The van der Waals surface area contributed by atoms with Crippen LogP contribution in [0.5, 0.6) is 0 Å². The van der Waals surface area contributed by atoms with Crippen LogP contribution in [-0.2, 0) is 0 Å². The Morgan fingerprint density at radius 2 is 2.10 bits per heavy atom. The van der Waals surface area contributed by atoms with E-state index in [0.717, 1.165) is 55.1 Å². The number of furan rings is 1. The first kappa shape index (κ1) is 15.1. The minimum absolute atomic E-state index is 0.118. The van der Waals surface area contributed by atoms with Gasteiger partial charge in [0.1, 0.15) is 11.5 Å². The summed E-state index contributed by atoms with van der Waals surface area (Å²) in [4.78, 5) is 14.8. The molecule has 1 N–H and O–H groups in total. The van der Waals surface area contributed by atoms with Crippen LogP contribution in [0.1, 0.15) is 53.6 Å². The Hall–Kier alpha value is -1.29. The molecule has 4 heteroatoms. The van der Waals surface area contributed by atoms with Gasteiger partial charge in [0.25, 0.3) is 5.91 Å². The van der Waals surface area contributed by atoms with Crippen LogP contribution in [0.2, 0.25) is 0 Å². The van der Waals surface area contributed by atoms with E-state index in [0.29, 0.717) is 6.04 Å². The van der Waals surface area contributed by atoms with E-state index in [1.807, 2.05) is 25.7 Å². The Kier molecular flexibility index (Phi) is 4.86. The van der Waals surface area contributed by atoms with Crippen LogP contribution in [0.25, 0.3) is 0 Å². The Morgan fingerprint density at radius 1 is 1.35 bits per heavy atom. The summed E-state index contributed by atoms with van der Waals surface area (Å²) in [6.45, 7) is 10.6. The molecule has 1 aromatic heterocycles. The lowest BCUT2D eigenvalue weighted by atomic mass is 10.1. The number of carbonyl (C=O) groups excluding carboxylic acids is 1. The normalized spacial score (nSPS) is 18.5. The van der Waals surface area contributed by atoms with Crippen LogP contribution < -0.4 is 5.32 Å². The van der Waals surface area contributed by atoms with Gasteiger partial charge in [-0.25, -0.2) is 0 Å². The van der Waals surface area contributed by atoms with Crippen molar-refractivity contribution in [2.75, 3.05) is 19.6 Å². The number of hydrogen-bond donors (Lipinski definition) is 1. The maximum absolute atomic E-state index is 12.8. The molecule has 2 rings (SSSR count). The lowest BCUT2D eigenvalue weighted by Crippen LogP contribution is -2.41. The van der Waals surface area contributed by atoms with Gasteiger partial charge in [0, 0.05) is 24.7 Å². The predicted molar refractivity (Wildman–Crippen MR) is 80.1 cm³/mol. The second kappa shape index (κ2) is 6.44. The lowest BCUT2D eigenvalue weighted by Gasteiger charge is -2.25. The molecule has 2 heterocycles. The third-order valence-electron chi connectivity index (χ3n) is 4.16. The number of hydrogen-bond acceptors (Lipinski definition) is 3. The van der Waals surface area contributed by atoms with Gasteiger partial charge in [-0.3, -0.25) is 4.79 Å². The highest BCUT2D eigenvalue weighted by atomic mass is 16.3. The molecule has 1 unspecified atom stereocenters. The van der Waals surface area contributed by atoms with E-state index < -0.39 is 0 Å². The molecule has 0 aromatic carbocycles. The molecule has 112 valence electrons. The highest BCUT2D eigenvalue weighted by Crippen LogP contribution is 2.23. The summed E-state index contributed by atoms with van der Waals surface area (Å²) in [7, 11) is 0. The van der Waals surface area contributed by atoms with Gasteiger partial charge in [0.2, 0.25) is 0 Å². The van der Waals surface area contributed by atoms with E-state index >= 15 is 0 Å². The number of aryl methyl sites for hydroxylation is 2. The van der Waals surface area contributed by atoms with Crippen LogP contribution in [0, 0.1) is 20.8 Å². The smallest absolute Gasteiger partial charge is 0.257 e. The maximum Gasteiger partial charge on any atom is 0.257 e. The number of amides is 1. The monoisotopic (exact) mass is 278 g/mol. The molecular weight excluding hydrogens is 252 g/mol. The average molecular weight is 278 g/mol. The van der Waals surface area contributed by atoms with E-state index in [4.69, 9.17) is 4.42 Å². The molecule has 0 saturated carbocycles. The summed E-state index contributed by atoms with van der Waals surface area (Å²) in [5.41, 5.74) is 1.74. The van der Waals surface area contributed by atoms with E-state index in [9.17, 15) is 4.79 Å². The van der Waals surface area contributed by atoms with Gasteiger partial charge in [0.05, 0.1) is 5.56 Å². The number of nitrogens with one attached hydrogen (secondary N) is 1. The number of rotatable bonds is 5. The van der Waals surface area contributed by atoms with Crippen LogP contribution in [-0.4, -0.2) is 36.5 Å². The zero-order valence-corrected chi connectivity index (χ0v) is 13.1. The van der Waals surface area contributed by atoms with Gasteiger partial charge in [-0.1, -0.05) is 6.92 Å². The van der Waals surface area contributed by atoms with Crippen molar-refractivity contribution in [1.82, 2.24) is 10.2 Å². The molecule has 20 heavy (non-hydrogen) atoms. The van der Waals surface area contributed by atoms with Crippen molar-refractivity contribution in [2.45, 2.75) is 53.0 Å². The predicted octanol–water partition coefficient (Wildman–Crippen LogP) is 2.81. The van der Waals surface area contributed by atoms with Crippen molar-refractivity contribution in [3.05, 3.63) is 22.6 Å². The van der Waals surface area contributed by atoms with Crippen molar-refractivity contribution >= 4 is 5.91 Å². The van der Waals surface area contributed by atoms with E-state index in [1.165, 1.54) is 6.42 Å². The Balaban J connectivity index is 2.17. The fourth-order valence-electron chi connectivity index (χ4n) is 2.99. The summed E-state index contributed by atoms with van der Waals surface area (Å²) in [5.74, 6) is 1.71. The molecule has 4 nitrogen and oxygen atoms in total. The van der Waals surface area contributed by atoms with Gasteiger partial charge in [-0.05, 0) is 46.6 Å². The molecule has 1 aliphatic heterocycles. The highest BCUT2D eigenvalue weighted by Gasteiger charge is 2.26. The van der Waals surface area contributed by atoms with Crippen molar-refractivity contribution < 1.29 is 9.21 Å². The quantitative estimate of drug-likeness (QED) is 0.901. The SMILES string of the molecule is CCCN(CC1CCCN1)C(=O)c1c(C)oc(C)c1C. The molecule has 1 saturated heterocycles. The van der Waals surface area contributed by atoms with Crippen LogP contribution in [0.4, 0.5) is 0 Å². The topological polar surface area (TPSA) is 45.5 Å². The lowest BCUT2D eigenvalue weighted by molar-refractivity contribution is 0.0739. The summed E-state index contributed by atoms with van der Waals surface area (Å²) in [5, 5.41) is 3.47. The molecule has 0 radical (unpaired) electrons. The van der Waals surface area contributed by atoms with Crippen molar-refractivity contribution in [2.24, 2.45) is 0 Å². The fraction of sp³-hybridized carbons (Fsp3) is 0.688. The Bertz CT molecular complexity index is 473. The van der Waals surface area contributed by atoms with E-state index in [-0.39, 0.29) is 5.91 Å². The van der Waals surface area contributed by atoms with Gasteiger partial charge in [0.15, 0.2) is 0 Å². The number of carbonyl (C=O) groups is 1. The zero-order chi connectivity index (χ0) is 14.7. The van der Waals surface area contributed by atoms with Crippen LogP contribution >= 0.6 is 0 Å². The summed E-state index contributed by atoms with van der Waals surface area (Å²) < 4.78 is 5.60. The minimum atomic E-state index is 0.118. The van der Waals surface area contributed by atoms with Crippen molar-refractivity contribution in [3.63, 3.8) is 0 Å². The van der Waals surface area contributed by atoms with Gasteiger partial charge < -0.3 is 14.6 Å². The summed E-state index contributed by atoms with van der Waals surface area (Å²) in [6, 6.07) is 0.444. The molecule has 1 aromatic rings. The Labute approximate surface area is 121 Å². The first-order valence-corrected chi connectivity index (χ1v) is 7.63. The molecule has 0 spiro atoms. The molecule has 1 fully saturated rings.